The first-order chi connectivity index (χ1) is 8.67. The minimum Gasteiger partial charge on any atom is -0.397 e. The predicted octanol–water partition coefficient (Wildman–Crippen LogP) is 1.32. The van der Waals surface area contributed by atoms with Gasteiger partial charge in [0.15, 0.2) is 0 Å². The number of hydrogen-bond acceptors (Lipinski definition) is 4. The summed E-state index contributed by atoms with van der Waals surface area (Å²) in [5.74, 6) is 0. The van der Waals surface area contributed by atoms with Crippen LogP contribution in [0.2, 0.25) is 0 Å². The maximum atomic E-state index is 12.5. The quantitative estimate of drug-likeness (QED) is 0.712. The molecule has 108 valence electrons. The molecule has 5 nitrogen and oxygen atoms in total. The number of aryl methyl sites for hydroxylation is 2. The fourth-order valence-electron chi connectivity index (χ4n) is 1.76. The summed E-state index contributed by atoms with van der Waals surface area (Å²) < 4.78 is 27.5. The Morgan fingerprint density at radius 2 is 1.84 bits per heavy atom. The van der Waals surface area contributed by atoms with Crippen molar-refractivity contribution in [3.63, 3.8) is 0 Å². The lowest BCUT2D eigenvalue weighted by Crippen LogP contribution is -2.48. The summed E-state index contributed by atoms with van der Waals surface area (Å²) >= 11 is 0. The molecule has 0 aliphatic rings. The number of hydrogen-bond donors (Lipinski definition) is 3. The molecule has 0 radical (unpaired) electrons. The van der Waals surface area contributed by atoms with Crippen LogP contribution in [0.25, 0.3) is 0 Å². The third kappa shape index (κ3) is 3.26. The average molecular weight is 286 g/mol. The summed E-state index contributed by atoms with van der Waals surface area (Å²) in [6.07, 6.45) is 0.480. The molecule has 1 unspecified atom stereocenters. The van der Waals surface area contributed by atoms with E-state index >= 15 is 0 Å². The van der Waals surface area contributed by atoms with E-state index < -0.39 is 15.6 Å². The largest absolute Gasteiger partial charge is 0.397 e. The van der Waals surface area contributed by atoms with Gasteiger partial charge in [-0.15, -0.1) is 0 Å². The highest BCUT2D eigenvalue weighted by molar-refractivity contribution is 7.89. The van der Waals surface area contributed by atoms with Crippen molar-refractivity contribution in [1.82, 2.24) is 4.72 Å². The van der Waals surface area contributed by atoms with Crippen molar-refractivity contribution in [3.8, 4) is 0 Å². The van der Waals surface area contributed by atoms with Crippen molar-refractivity contribution in [1.29, 1.82) is 0 Å². The van der Waals surface area contributed by atoms with Gasteiger partial charge in [-0.3, -0.25) is 0 Å². The zero-order chi connectivity index (χ0) is 14.8. The van der Waals surface area contributed by atoms with Crippen LogP contribution in [0, 0.1) is 13.8 Å². The van der Waals surface area contributed by atoms with Crippen molar-refractivity contribution in [3.05, 3.63) is 23.3 Å². The van der Waals surface area contributed by atoms with Gasteiger partial charge in [0.05, 0.1) is 17.8 Å². The van der Waals surface area contributed by atoms with E-state index in [1.165, 1.54) is 0 Å². The maximum absolute atomic E-state index is 12.5. The van der Waals surface area contributed by atoms with Gasteiger partial charge < -0.3 is 10.8 Å². The van der Waals surface area contributed by atoms with Crippen molar-refractivity contribution in [2.75, 3.05) is 12.3 Å². The van der Waals surface area contributed by atoms with E-state index in [4.69, 9.17) is 5.73 Å². The van der Waals surface area contributed by atoms with Crippen LogP contribution >= 0.6 is 0 Å². The van der Waals surface area contributed by atoms with Crippen LogP contribution in [0.15, 0.2) is 17.0 Å². The van der Waals surface area contributed by atoms with E-state index in [0.29, 0.717) is 17.5 Å². The Morgan fingerprint density at radius 3 is 2.32 bits per heavy atom. The number of nitrogen functional groups attached to an aromatic ring is 1. The van der Waals surface area contributed by atoms with Crippen LogP contribution in [-0.2, 0) is 10.0 Å². The smallest absolute Gasteiger partial charge is 0.243 e. The molecule has 1 aromatic rings. The number of nitrogens with one attached hydrogen (secondary N) is 1. The van der Waals surface area contributed by atoms with Gasteiger partial charge >= 0.3 is 0 Å². The standard InChI is InChI=1S/C13H22N2O3S/c1-5-13(4,8-16)15-19(17,18)12-10(3)7-6-9(2)11(12)14/h6-7,15-16H,5,8,14H2,1-4H3. The summed E-state index contributed by atoms with van der Waals surface area (Å²) in [5.41, 5.74) is 6.56. The van der Waals surface area contributed by atoms with Gasteiger partial charge in [-0.2, -0.15) is 0 Å². The fraction of sp³-hybridized carbons (Fsp3) is 0.538. The molecule has 4 N–H and O–H groups in total. The molecule has 6 heteroatoms. The van der Waals surface area contributed by atoms with Crippen molar-refractivity contribution < 1.29 is 13.5 Å². The first kappa shape index (κ1) is 15.9. The van der Waals surface area contributed by atoms with Crippen molar-refractivity contribution in [2.24, 2.45) is 0 Å². The molecule has 0 aliphatic heterocycles. The second kappa shape index (κ2) is 5.48. The second-order valence-electron chi connectivity index (χ2n) is 5.12. The van der Waals surface area contributed by atoms with Crippen molar-refractivity contribution >= 4 is 15.7 Å². The summed E-state index contributed by atoms with van der Waals surface area (Å²) in [6, 6.07) is 3.51. The highest BCUT2D eigenvalue weighted by atomic mass is 32.2. The van der Waals surface area contributed by atoms with Gasteiger partial charge in [-0.1, -0.05) is 19.1 Å². The lowest BCUT2D eigenvalue weighted by molar-refractivity contribution is 0.191. The number of sulfonamides is 1. The Kier molecular flexibility index (Phi) is 4.60. The minimum absolute atomic E-state index is 0.0978. The first-order valence-electron chi connectivity index (χ1n) is 6.17. The molecule has 0 spiro atoms. The Labute approximate surface area is 114 Å². The topological polar surface area (TPSA) is 92.4 Å². The monoisotopic (exact) mass is 286 g/mol. The molecule has 0 saturated carbocycles. The lowest BCUT2D eigenvalue weighted by Gasteiger charge is -2.27. The zero-order valence-electron chi connectivity index (χ0n) is 11.8. The molecule has 0 heterocycles. The molecule has 1 aromatic carbocycles. The second-order valence-corrected chi connectivity index (χ2v) is 6.74. The molecular weight excluding hydrogens is 264 g/mol. The van der Waals surface area contributed by atoms with Gasteiger partial charge in [-0.25, -0.2) is 13.1 Å². The van der Waals surface area contributed by atoms with E-state index in [2.05, 4.69) is 4.72 Å². The molecule has 0 aromatic heterocycles. The molecule has 0 aliphatic carbocycles. The summed E-state index contributed by atoms with van der Waals surface area (Å²) in [7, 11) is -3.76. The summed E-state index contributed by atoms with van der Waals surface area (Å²) in [5, 5.41) is 9.33. The number of benzene rings is 1. The van der Waals surface area contributed by atoms with Gasteiger partial charge in [-0.05, 0) is 38.3 Å². The van der Waals surface area contributed by atoms with Gasteiger partial charge in [0, 0.05) is 0 Å². The Bertz CT molecular complexity index is 563. The highest BCUT2D eigenvalue weighted by Gasteiger charge is 2.30. The maximum Gasteiger partial charge on any atom is 0.243 e. The van der Waals surface area contributed by atoms with Crippen LogP contribution in [-0.4, -0.2) is 25.7 Å². The average Bonchev–Trinajstić information content (AvgIpc) is 2.33. The Balaban J connectivity index is 3.33. The van der Waals surface area contributed by atoms with E-state index in [1.54, 1.807) is 32.9 Å². The fourth-order valence-corrected chi connectivity index (χ4v) is 3.66. The minimum atomic E-state index is -3.76. The SMILES string of the molecule is CCC(C)(CO)NS(=O)(=O)c1c(C)ccc(C)c1N. The number of nitrogens with two attached hydrogens (primary N) is 1. The molecule has 0 saturated heterocycles. The van der Waals surface area contributed by atoms with E-state index in [-0.39, 0.29) is 17.2 Å². The molecule has 1 rings (SSSR count). The zero-order valence-corrected chi connectivity index (χ0v) is 12.6. The first-order valence-corrected chi connectivity index (χ1v) is 7.65. The third-order valence-corrected chi connectivity index (χ3v) is 5.23. The number of aliphatic hydroxyl groups excluding tert-OH is 1. The van der Waals surface area contributed by atoms with Gasteiger partial charge in [0.2, 0.25) is 10.0 Å². The number of anilines is 1. The number of rotatable bonds is 5. The molecule has 0 amide bonds. The molecular formula is C13H22N2O3S. The van der Waals surface area contributed by atoms with Crippen LogP contribution in [0.3, 0.4) is 0 Å². The summed E-state index contributed by atoms with van der Waals surface area (Å²) in [4.78, 5) is 0.0978. The lowest BCUT2D eigenvalue weighted by atomic mass is 10.0. The Hall–Kier alpha value is -1.11. The van der Waals surface area contributed by atoms with Crippen LogP contribution in [0.4, 0.5) is 5.69 Å². The van der Waals surface area contributed by atoms with Gasteiger partial charge in [0.1, 0.15) is 4.90 Å². The van der Waals surface area contributed by atoms with E-state index in [9.17, 15) is 13.5 Å². The number of aliphatic hydroxyl groups is 1. The van der Waals surface area contributed by atoms with Crippen LogP contribution in [0.5, 0.6) is 0 Å². The van der Waals surface area contributed by atoms with Crippen LogP contribution < -0.4 is 10.5 Å². The van der Waals surface area contributed by atoms with E-state index in [1.807, 2.05) is 6.92 Å². The van der Waals surface area contributed by atoms with E-state index in [0.717, 1.165) is 0 Å². The molecule has 0 bridgehead atoms. The highest BCUT2D eigenvalue weighted by Crippen LogP contribution is 2.27. The predicted molar refractivity (Wildman–Crippen MR) is 76.4 cm³/mol. The molecule has 0 fully saturated rings. The third-order valence-electron chi connectivity index (χ3n) is 3.39. The summed E-state index contributed by atoms with van der Waals surface area (Å²) in [6.45, 7) is 6.66. The molecule has 19 heavy (non-hydrogen) atoms. The Morgan fingerprint density at radius 1 is 1.32 bits per heavy atom. The van der Waals surface area contributed by atoms with Gasteiger partial charge in [0.25, 0.3) is 0 Å². The van der Waals surface area contributed by atoms with Crippen molar-refractivity contribution in [2.45, 2.75) is 44.6 Å². The van der Waals surface area contributed by atoms with Crippen LogP contribution in [0.1, 0.15) is 31.4 Å². The normalized spacial score (nSPS) is 15.2. The molecule has 1 atom stereocenters.